The van der Waals surface area contributed by atoms with Gasteiger partial charge in [0, 0.05) is 47.4 Å². The number of nitrogens with one attached hydrogen (secondary N) is 1. The summed E-state index contributed by atoms with van der Waals surface area (Å²) in [7, 11) is 0. The average Bonchev–Trinajstić information content (AvgIpc) is 3.48. The number of hydrogen-bond donors (Lipinski definition) is 2. The van der Waals surface area contributed by atoms with Crippen molar-refractivity contribution in [2.75, 3.05) is 11.1 Å². The number of nitrogens with zero attached hydrogens (tertiary/aromatic N) is 4. The van der Waals surface area contributed by atoms with Crippen LogP contribution in [-0.4, -0.2) is 20.9 Å². The first-order chi connectivity index (χ1) is 14.0. The smallest absolute Gasteiger partial charge is 0.228 e. The number of hydrogen-bond acceptors (Lipinski definition) is 6. The minimum atomic E-state index is -0.123. The van der Waals surface area contributed by atoms with Gasteiger partial charge >= 0.3 is 0 Å². The van der Waals surface area contributed by atoms with E-state index in [1.165, 1.54) is 0 Å². The first-order valence-electron chi connectivity index (χ1n) is 9.34. The molecule has 0 unspecified atom stereocenters. The largest absolute Gasteiger partial charge is 0.383 e. The zero-order valence-electron chi connectivity index (χ0n) is 16.0. The normalized spacial score (nSPS) is 17.5. The monoisotopic (exact) mass is 384 g/mol. The summed E-state index contributed by atoms with van der Waals surface area (Å²) in [4.78, 5) is 25.5. The van der Waals surface area contributed by atoms with Gasteiger partial charge in [-0.3, -0.25) is 9.78 Å². The molecule has 0 saturated heterocycles. The Labute approximate surface area is 168 Å². The maximum atomic E-state index is 12.4. The maximum Gasteiger partial charge on any atom is 0.228 e. The van der Waals surface area contributed by atoms with Gasteiger partial charge in [-0.15, -0.1) is 0 Å². The lowest BCUT2D eigenvalue weighted by Gasteiger charge is -2.14. The molecule has 0 aromatic carbocycles. The van der Waals surface area contributed by atoms with Gasteiger partial charge in [0.25, 0.3) is 0 Å². The molecule has 7 heteroatoms. The van der Waals surface area contributed by atoms with Crippen LogP contribution in [0.25, 0.3) is 28.1 Å². The fourth-order valence-corrected chi connectivity index (χ4v) is 3.57. The third-order valence-electron chi connectivity index (χ3n) is 5.32. The Kier molecular flexibility index (Phi) is 4.69. The van der Waals surface area contributed by atoms with Crippen LogP contribution in [0, 0.1) is 30.1 Å². The quantitative estimate of drug-likeness (QED) is 0.692. The van der Waals surface area contributed by atoms with E-state index in [2.05, 4.69) is 32.9 Å². The van der Waals surface area contributed by atoms with Crippen molar-refractivity contribution in [1.29, 1.82) is 5.26 Å². The number of carbonyl (C=O) groups is 1. The van der Waals surface area contributed by atoms with Crippen LogP contribution in [0.4, 0.5) is 11.6 Å². The van der Waals surface area contributed by atoms with E-state index in [0.717, 1.165) is 28.5 Å². The first kappa shape index (κ1) is 18.6. The highest BCUT2D eigenvalue weighted by atomic mass is 16.2. The van der Waals surface area contributed by atoms with Crippen LogP contribution < -0.4 is 11.1 Å². The second kappa shape index (κ2) is 7.32. The van der Waals surface area contributed by atoms with Crippen LogP contribution in [0.5, 0.6) is 0 Å². The van der Waals surface area contributed by atoms with Crippen LogP contribution >= 0.6 is 0 Å². The summed E-state index contributed by atoms with van der Waals surface area (Å²) in [6.45, 7) is 5.93. The number of amides is 1. The molecular formula is C22H20N6O. The van der Waals surface area contributed by atoms with Crippen LogP contribution in [0.1, 0.15) is 24.0 Å². The molecule has 4 rings (SSSR count). The summed E-state index contributed by atoms with van der Waals surface area (Å²) in [6, 6.07) is 5.82. The van der Waals surface area contributed by atoms with E-state index in [1.54, 1.807) is 30.7 Å². The Morgan fingerprint density at radius 1 is 1.45 bits per heavy atom. The molecule has 7 nitrogen and oxygen atoms in total. The molecule has 3 heterocycles. The van der Waals surface area contributed by atoms with Gasteiger partial charge < -0.3 is 11.1 Å². The molecule has 29 heavy (non-hydrogen) atoms. The standard InChI is InChI=1S/C22H20N6O/c1-3-14-16-9-19(27-22(29)15-8-13(15)4-6-23)26-11-18(16)21(24)28-20(14)17-10-25-7-5-12(17)2/h3,5,7,9-11,13,15H,1,4,8H2,2H3,(H2,24,28)(H,26,27,29)/t13-,15-/m0/s1. The molecule has 0 radical (unpaired) electrons. The van der Waals surface area contributed by atoms with Crippen molar-refractivity contribution >= 4 is 34.4 Å². The van der Waals surface area contributed by atoms with Crippen molar-refractivity contribution in [3.8, 4) is 17.3 Å². The number of nitriles is 1. The summed E-state index contributed by atoms with van der Waals surface area (Å²) < 4.78 is 0. The molecule has 144 valence electrons. The number of nitrogen functional groups attached to an aromatic ring is 1. The number of pyridine rings is 3. The number of fused-ring (bicyclic) bond motifs is 1. The van der Waals surface area contributed by atoms with Gasteiger partial charge in [-0.05, 0) is 42.3 Å². The zero-order valence-corrected chi connectivity index (χ0v) is 16.0. The fraction of sp³-hybridized carbons (Fsp3) is 0.227. The summed E-state index contributed by atoms with van der Waals surface area (Å²) >= 11 is 0. The lowest BCUT2D eigenvalue weighted by Crippen LogP contribution is -2.15. The fourth-order valence-electron chi connectivity index (χ4n) is 3.57. The Morgan fingerprint density at radius 3 is 3.00 bits per heavy atom. The van der Waals surface area contributed by atoms with Crippen LogP contribution in [-0.2, 0) is 4.79 Å². The topological polar surface area (TPSA) is 118 Å². The Hall–Kier alpha value is -3.79. The predicted octanol–water partition coefficient (Wildman–Crippen LogP) is 3.71. The van der Waals surface area contributed by atoms with Crippen molar-refractivity contribution in [3.05, 3.63) is 48.4 Å². The molecule has 3 aromatic rings. The number of aryl methyl sites for hydroxylation is 1. The van der Waals surface area contributed by atoms with Gasteiger partial charge in [0.1, 0.15) is 11.6 Å². The van der Waals surface area contributed by atoms with E-state index < -0.39 is 0 Å². The molecule has 3 aromatic heterocycles. The van der Waals surface area contributed by atoms with Crippen molar-refractivity contribution < 1.29 is 4.79 Å². The van der Waals surface area contributed by atoms with Crippen molar-refractivity contribution in [2.45, 2.75) is 19.8 Å². The molecule has 0 aliphatic heterocycles. The zero-order chi connectivity index (χ0) is 20.5. The summed E-state index contributed by atoms with van der Waals surface area (Å²) in [5.74, 6) is 0.701. The second-order valence-corrected chi connectivity index (χ2v) is 7.22. The molecule has 1 saturated carbocycles. The number of carbonyl (C=O) groups excluding carboxylic acids is 1. The molecular weight excluding hydrogens is 364 g/mol. The SMILES string of the molecule is C=Cc1c(-c2cnccc2C)nc(N)c2cnc(NC(=O)[C@H]3C[C@@H]3CC#N)cc12. The van der Waals surface area contributed by atoms with E-state index in [0.29, 0.717) is 29.1 Å². The lowest BCUT2D eigenvalue weighted by atomic mass is 9.98. The van der Waals surface area contributed by atoms with Gasteiger partial charge in [-0.2, -0.15) is 5.26 Å². The van der Waals surface area contributed by atoms with E-state index in [1.807, 2.05) is 13.0 Å². The molecule has 1 aliphatic rings. The van der Waals surface area contributed by atoms with Crippen LogP contribution in [0.3, 0.4) is 0 Å². The molecule has 1 aliphatic carbocycles. The van der Waals surface area contributed by atoms with Gasteiger partial charge in [-0.1, -0.05) is 12.7 Å². The third kappa shape index (κ3) is 3.41. The molecule has 3 N–H and O–H groups in total. The van der Waals surface area contributed by atoms with E-state index in [-0.39, 0.29) is 17.7 Å². The summed E-state index contributed by atoms with van der Waals surface area (Å²) in [6.07, 6.45) is 7.96. The molecule has 1 amide bonds. The second-order valence-electron chi connectivity index (χ2n) is 7.22. The van der Waals surface area contributed by atoms with E-state index in [4.69, 9.17) is 11.0 Å². The minimum absolute atomic E-state index is 0.109. The van der Waals surface area contributed by atoms with Gasteiger partial charge in [0.2, 0.25) is 5.91 Å². The number of nitrogens with two attached hydrogens (primary N) is 1. The van der Waals surface area contributed by atoms with E-state index in [9.17, 15) is 4.79 Å². The number of anilines is 2. The molecule has 1 fully saturated rings. The first-order valence-corrected chi connectivity index (χ1v) is 9.34. The highest BCUT2D eigenvalue weighted by molar-refractivity contribution is 6.03. The van der Waals surface area contributed by atoms with Gasteiger partial charge in [0.05, 0.1) is 11.8 Å². The van der Waals surface area contributed by atoms with Gasteiger partial charge in [0.15, 0.2) is 0 Å². The van der Waals surface area contributed by atoms with Crippen LogP contribution in [0.15, 0.2) is 37.3 Å². The van der Waals surface area contributed by atoms with E-state index >= 15 is 0 Å². The predicted molar refractivity (Wildman–Crippen MR) is 112 cm³/mol. The number of aromatic nitrogens is 3. The summed E-state index contributed by atoms with van der Waals surface area (Å²) in [5.41, 5.74) is 9.59. The Bertz CT molecular complexity index is 1180. The highest BCUT2D eigenvalue weighted by Gasteiger charge is 2.42. The minimum Gasteiger partial charge on any atom is -0.383 e. The Morgan fingerprint density at radius 2 is 2.28 bits per heavy atom. The van der Waals surface area contributed by atoms with Crippen molar-refractivity contribution in [3.63, 3.8) is 0 Å². The van der Waals surface area contributed by atoms with Crippen LogP contribution in [0.2, 0.25) is 0 Å². The lowest BCUT2D eigenvalue weighted by molar-refractivity contribution is -0.117. The van der Waals surface area contributed by atoms with Crippen molar-refractivity contribution in [2.24, 2.45) is 11.8 Å². The molecule has 0 spiro atoms. The highest BCUT2D eigenvalue weighted by Crippen LogP contribution is 2.42. The molecule has 0 bridgehead atoms. The summed E-state index contributed by atoms with van der Waals surface area (Å²) in [5, 5.41) is 13.1. The van der Waals surface area contributed by atoms with Gasteiger partial charge in [-0.25, -0.2) is 9.97 Å². The molecule has 2 atom stereocenters. The average molecular weight is 384 g/mol. The number of rotatable bonds is 5. The van der Waals surface area contributed by atoms with Crippen molar-refractivity contribution in [1.82, 2.24) is 15.0 Å². The maximum absolute atomic E-state index is 12.4. The third-order valence-corrected chi connectivity index (χ3v) is 5.32. The Balaban J connectivity index is 1.76.